The molecule has 0 unspecified atom stereocenters. The highest BCUT2D eigenvalue weighted by molar-refractivity contribution is 14.1. The van der Waals surface area contributed by atoms with E-state index >= 15 is 0 Å². The summed E-state index contributed by atoms with van der Waals surface area (Å²) in [7, 11) is 1.62. The van der Waals surface area contributed by atoms with Crippen molar-refractivity contribution in [1.82, 2.24) is 0 Å². The lowest BCUT2D eigenvalue weighted by Gasteiger charge is -2.25. The van der Waals surface area contributed by atoms with E-state index in [1.54, 1.807) is 35.9 Å². The fourth-order valence-corrected chi connectivity index (χ4v) is 5.50. The van der Waals surface area contributed by atoms with E-state index in [1.807, 2.05) is 48.5 Å². The largest absolute Gasteiger partial charge is 0.493 e. The lowest BCUT2D eigenvalue weighted by atomic mass is 10.1. The van der Waals surface area contributed by atoms with E-state index < -0.39 is 0 Å². The maximum absolute atomic E-state index is 12.6. The van der Waals surface area contributed by atoms with Gasteiger partial charge < -0.3 is 9.47 Å². The van der Waals surface area contributed by atoms with Gasteiger partial charge in [-0.25, -0.2) is 0 Å². The second-order valence-corrected chi connectivity index (χ2v) is 9.96. The van der Waals surface area contributed by atoms with E-state index in [4.69, 9.17) is 32.7 Å². The highest BCUT2D eigenvalue weighted by Crippen LogP contribution is 2.45. The van der Waals surface area contributed by atoms with Crippen molar-refractivity contribution in [3.05, 3.63) is 85.4 Å². The zero-order valence-corrected chi connectivity index (χ0v) is 21.0. The molecule has 0 N–H and O–H groups in total. The average molecular weight is 586 g/mol. The molecule has 1 atom stereocenters. The number of methoxy groups -OCH3 is 1. The highest BCUT2D eigenvalue weighted by Gasteiger charge is 2.35. The molecule has 3 aromatic rings. The Morgan fingerprint density at radius 3 is 2.35 bits per heavy atom. The van der Waals surface area contributed by atoms with E-state index in [9.17, 15) is 4.79 Å². The first-order valence-electron chi connectivity index (χ1n) is 9.40. The van der Waals surface area contributed by atoms with Crippen LogP contribution in [0, 0.1) is 3.57 Å². The van der Waals surface area contributed by atoms with Crippen molar-refractivity contribution in [2.75, 3.05) is 17.8 Å². The van der Waals surface area contributed by atoms with Crippen LogP contribution in [0.1, 0.15) is 16.5 Å². The maximum Gasteiger partial charge on any atom is 0.238 e. The van der Waals surface area contributed by atoms with Crippen molar-refractivity contribution < 1.29 is 14.3 Å². The minimum Gasteiger partial charge on any atom is -0.493 e. The molecule has 1 fully saturated rings. The number of halogens is 3. The standard InChI is InChI=1S/C23H18Cl2INO3S/c1-29-20-11-15(10-19(26)22(20)30-12-14-2-4-16(24)5-3-14)23-27(21(28)13-31-23)18-8-6-17(25)7-9-18/h2-11,23H,12-13H2,1H3/t23-/m1/s1. The second-order valence-electron chi connectivity index (χ2n) is 6.85. The Bertz CT molecular complexity index is 1090. The van der Waals surface area contributed by atoms with Crippen LogP contribution in [0.25, 0.3) is 0 Å². The zero-order chi connectivity index (χ0) is 22.0. The van der Waals surface area contributed by atoms with Crippen molar-refractivity contribution >= 4 is 69.1 Å². The predicted molar refractivity (Wildman–Crippen MR) is 136 cm³/mol. The summed E-state index contributed by atoms with van der Waals surface area (Å²) in [4.78, 5) is 14.4. The van der Waals surface area contributed by atoms with E-state index in [-0.39, 0.29) is 11.3 Å². The normalized spacial score (nSPS) is 15.9. The molecule has 1 aliphatic heterocycles. The minimum absolute atomic E-state index is 0.0642. The van der Waals surface area contributed by atoms with Crippen LogP contribution < -0.4 is 14.4 Å². The molecule has 0 spiro atoms. The van der Waals surface area contributed by atoms with Crippen LogP contribution in [-0.4, -0.2) is 18.8 Å². The number of anilines is 1. The van der Waals surface area contributed by atoms with Gasteiger partial charge in [-0.3, -0.25) is 9.69 Å². The molecule has 1 heterocycles. The van der Waals surface area contributed by atoms with Crippen molar-refractivity contribution in [3.8, 4) is 11.5 Å². The van der Waals surface area contributed by atoms with Gasteiger partial charge in [0, 0.05) is 15.7 Å². The first-order valence-corrected chi connectivity index (χ1v) is 12.3. The summed E-state index contributed by atoms with van der Waals surface area (Å²) in [5, 5.41) is 1.17. The van der Waals surface area contributed by atoms with Crippen molar-refractivity contribution in [1.29, 1.82) is 0 Å². The Labute approximate surface area is 209 Å². The monoisotopic (exact) mass is 585 g/mol. The molecule has 0 saturated carbocycles. The van der Waals surface area contributed by atoms with E-state index in [2.05, 4.69) is 22.6 Å². The van der Waals surface area contributed by atoms with Crippen LogP contribution in [0.5, 0.6) is 11.5 Å². The Kier molecular flexibility index (Phi) is 7.21. The number of amides is 1. The van der Waals surface area contributed by atoms with Crippen molar-refractivity contribution in [2.24, 2.45) is 0 Å². The highest BCUT2D eigenvalue weighted by atomic mass is 127. The molecule has 4 nitrogen and oxygen atoms in total. The molecule has 1 amide bonds. The van der Waals surface area contributed by atoms with Gasteiger partial charge in [-0.1, -0.05) is 35.3 Å². The summed E-state index contributed by atoms with van der Waals surface area (Å²) in [6.07, 6.45) is 0. The molecule has 1 saturated heterocycles. The minimum atomic E-state index is -0.151. The first-order chi connectivity index (χ1) is 15.0. The summed E-state index contributed by atoms with van der Waals surface area (Å²) >= 11 is 15.8. The molecule has 0 aromatic heterocycles. The van der Waals surface area contributed by atoms with Crippen molar-refractivity contribution in [3.63, 3.8) is 0 Å². The SMILES string of the molecule is COc1cc([C@H]2SCC(=O)N2c2ccc(Cl)cc2)cc(I)c1OCc1ccc(Cl)cc1. The van der Waals surface area contributed by atoms with Crippen LogP contribution in [0.4, 0.5) is 5.69 Å². The Morgan fingerprint density at radius 2 is 1.71 bits per heavy atom. The molecule has 160 valence electrons. The van der Waals surface area contributed by atoms with Crippen molar-refractivity contribution in [2.45, 2.75) is 12.0 Å². The number of carbonyl (C=O) groups is 1. The summed E-state index contributed by atoms with van der Waals surface area (Å²) in [5.41, 5.74) is 2.81. The summed E-state index contributed by atoms with van der Waals surface area (Å²) < 4.78 is 12.6. The number of hydrogen-bond donors (Lipinski definition) is 0. The molecule has 3 aromatic carbocycles. The summed E-state index contributed by atoms with van der Waals surface area (Å²) in [6.45, 7) is 0.399. The van der Waals surface area contributed by atoms with E-state index in [0.29, 0.717) is 33.9 Å². The summed E-state index contributed by atoms with van der Waals surface area (Å²) in [5.74, 6) is 1.79. The fraction of sp³-hybridized carbons (Fsp3) is 0.174. The van der Waals surface area contributed by atoms with E-state index in [1.165, 1.54) is 0 Å². The molecule has 4 rings (SSSR count). The van der Waals surface area contributed by atoms with Gasteiger partial charge in [-0.05, 0) is 82.2 Å². The Balaban J connectivity index is 1.61. The Morgan fingerprint density at radius 1 is 1.06 bits per heavy atom. The molecule has 0 bridgehead atoms. The number of thioether (sulfide) groups is 1. The van der Waals surface area contributed by atoms with Gasteiger partial charge in [0.25, 0.3) is 0 Å². The van der Waals surface area contributed by atoms with Gasteiger partial charge in [0.05, 0.1) is 16.4 Å². The van der Waals surface area contributed by atoms with Crippen LogP contribution in [0.15, 0.2) is 60.7 Å². The quantitative estimate of drug-likeness (QED) is 0.293. The topological polar surface area (TPSA) is 38.8 Å². The lowest BCUT2D eigenvalue weighted by molar-refractivity contribution is -0.115. The number of benzene rings is 3. The number of rotatable bonds is 6. The van der Waals surface area contributed by atoms with Crippen LogP contribution >= 0.6 is 57.6 Å². The number of hydrogen-bond acceptors (Lipinski definition) is 4. The molecule has 8 heteroatoms. The third-order valence-electron chi connectivity index (χ3n) is 4.81. The van der Waals surface area contributed by atoms with Gasteiger partial charge in [-0.2, -0.15) is 0 Å². The lowest BCUT2D eigenvalue weighted by Crippen LogP contribution is -2.27. The third-order valence-corrected chi connectivity index (χ3v) is 7.32. The van der Waals surface area contributed by atoms with Crippen LogP contribution in [0.2, 0.25) is 10.0 Å². The maximum atomic E-state index is 12.6. The predicted octanol–water partition coefficient (Wildman–Crippen LogP) is 6.96. The molecular weight excluding hydrogens is 568 g/mol. The molecular formula is C23H18Cl2INO3S. The van der Waals surface area contributed by atoms with Gasteiger partial charge >= 0.3 is 0 Å². The molecule has 0 radical (unpaired) electrons. The van der Waals surface area contributed by atoms with Crippen LogP contribution in [-0.2, 0) is 11.4 Å². The van der Waals surface area contributed by atoms with Gasteiger partial charge in [0.1, 0.15) is 12.0 Å². The molecule has 1 aliphatic rings. The van der Waals surface area contributed by atoms with Gasteiger partial charge in [0.15, 0.2) is 11.5 Å². The average Bonchev–Trinajstić information content (AvgIpc) is 3.15. The smallest absolute Gasteiger partial charge is 0.238 e. The summed E-state index contributed by atoms with van der Waals surface area (Å²) in [6, 6.07) is 18.8. The van der Waals surface area contributed by atoms with Gasteiger partial charge in [-0.15, -0.1) is 11.8 Å². The van der Waals surface area contributed by atoms with E-state index in [0.717, 1.165) is 20.4 Å². The molecule has 31 heavy (non-hydrogen) atoms. The number of nitrogens with zero attached hydrogens (tertiary/aromatic N) is 1. The second kappa shape index (κ2) is 9.90. The molecule has 0 aliphatic carbocycles. The number of carbonyl (C=O) groups excluding carboxylic acids is 1. The van der Waals surface area contributed by atoms with Gasteiger partial charge in [0.2, 0.25) is 5.91 Å². The Hall–Kier alpha value is -1.61. The first kappa shape index (κ1) is 22.6. The number of ether oxygens (including phenoxy) is 2. The van der Waals surface area contributed by atoms with Crippen LogP contribution in [0.3, 0.4) is 0 Å². The zero-order valence-electron chi connectivity index (χ0n) is 16.5. The fourth-order valence-electron chi connectivity index (χ4n) is 3.31. The third kappa shape index (κ3) is 5.08.